The summed E-state index contributed by atoms with van der Waals surface area (Å²) in [5.74, 6) is -1.44. The van der Waals surface area contributed by atoms with Crippen molar-refractivity contribution in [2.24, 2.45) is 5.92 Å². The minimum Gasteiger partial charge on any atom is -0.330 e. The van der Waals surface area contributed by atoms with Crippen molar-refractivity contribution in [3.05, 3.63) is 0 Å². The van der Waals surface area contributed by atoms with Gasteiger partial charge in [0.05, 0.1) is 5.92 Å². The molecule has 0 aromatic heterocycles. The van der Waals surface area contributed by atoms with Crippen LogP contribution in [-0.4, -0.2) is 22.8 Å². The van der Waals surface area contributed by atoms with Gasteiger partial charge in [-0.2, -0.15) is 0 Å². The van der Waals surface area contributed by atoms with Crippen molar-refractivity contribution in [1.29, 1.82) is 0 Å². The summed E-state index contributed by atoms with van der Waals surface area (Å²) < 4.78 is 0. The molecule has 1 fully saturated rings. The molecule has 1 atom stereocenters. The number of nitrogens with zero attached hydrogens (tertiary/aromatic N) is 1. The van der Waals surface area contributed by atoms with Crippen LogP contribution in [0, 0.1) is 5.92 Å². The van der Waals surface area contributed by atoms with Crippen molar-refractivity contribution in [2.45, 2.75) is 84.5 Å². The van der Waals surface area contributed by atoms with Crippen LogP contribution >= 0.6 is 0 Å². The van der Waals surface area contributed by atoms with E-state index >= 15 is 0 Å². The highest BCUT2D eigenvalue weighted by Gasteiger charge is 2.34. The highest BCUT2D eigenvalue weighted by molar-refractivity contribution is 6.01. The second-order valence-electron chi connectivity index (χ2n) is 6.03. The third-order valence-corrected chi connectivity index (χ3v) is 4.08. The maximum atomic E-state index is 12.3. The summed E-state index contributed by atoms with van der Waals surface area (Å²) in [5, 5.41) is 0.668. The molecule has 0 aromatic carbocycles. The first kappa shape index (κ1) is 18.7. The Morgan fingerprint density at radius 2 is 1.45 bits per heavy atom. The van der Waals surface area contributed by atoms with Crippen molar-refractivity contribution in [3.63, 3.8) is 0 Å². The van der Waals surface area contributed by atoms with Crippen molar-refractivity contribution in [2.75, 3.05) is 0 Å². The third-order valence-electron chi connectivity index (χ3n) is 4.08. The summed E-state index contributed by atoms with van der Waals surface area (Å²) in [6.07, 6.45) is 9.41. The Bertz CT molecular complexity index is 365. The highest BCUT2D eigenvalue weighted by Crippen LogP contribution is 2.22. The monoisotopic (exact) mass is 311 g/mol. The van der Waals surface area contributed by atoms with Gasteiger partial charge < -0.3 is 4.84 Å². The van der Waals surface area contributed by atoms with E-state index < -0.39 is 17.8 Å². The van der Waals surface area contributed by atoms with Crippen molar-refractivity contribution >= 4 is 17.8 Å². The summed E-state index contributed by atoms with van der Waals surface area (Å²) in [4.78, 5) is 40.4. The van der Waals surface area contributed by atoms with Gasteiger partial charge in [0.25, 0.3) is 11.8 Å². The topological polar surface area (TPSA) is 63.7 Å². The van der Waals surface area contributed by atoms with Crippen LogP contribution in [0.2, 0.25) is 0 Å². The molecule has 1 aliphatic rings. The number of rotatable bonds is 11. The van der Waals surface area contributed by atoms with E-state index in [1.807, 2.05) is 0 Å². The average Bonchev–Trinajstić information content (AvgIpc) is 2.81. The van der Waals surface area contributed by atoms with E-state index in [9.17, 15) is 14.4 Å². The molecule has 2 amide bonds. The molecule has 22 heavy (non-hydrogen) atoms. The van der Waals surface area contributed by atoms with Gasteiger partial charge in [-0.3, -0.25) is 9.59 Å². The molecule has 0 aromatic rings. The van der Waals surface area contributed by atoms with Crippen LogP contribution in [0.1, 0.15) is 84.5 Å². The lowest BCUT2D eigenvalue weighted by Gasteiger charge is -2.19. The van der Waals surface area contributed by atoms with E-state index in [1.54, 1.807) is 0 Å². The molecule has 0 spiro atoms. The predicted molar refractivity (Wildman–Crippen MR) is 83.6 cm³/mol. The molecular weight excluding hydrogens is 282 g/mol. The molecular formula is C17H29NO4. The van der Waals surface area contributed by atoms with Crippen molar-refractivity contribution < 1.29 is 19.2 Å². The molecule has 0 aliphatic carbocycles. The van der Waals surface area contributed by atoms with Gasteiger partial charge in [-0.15, -0.1) is 5.06 Å². The molecule has 0 bridgehead atoms. The zero-order chi connectivity index (χ0) is 16.4. The fourth-order valence-electron chi connectivity index (χ4n) is 2.66. The first-order valence-electron chi connectivity index (χ1n) is 8.67. The molecule has 0 radical (unpaired) electrons. The molecule has 1 rings (SSSR count). The quantitative estimate of drug-likeness (QED) is 0.430. The van der Waals surface area contributed by atoms with Gasteiger partial charge in [0.15, 0.2) is 0 Å². The van der Waals surface area contributed by atoms with E-state index in [0.717, 1.165) is 51.4 Å². The molecule has 1 aliphatic heterocycles. The first-order chi connectivity index (χ1) is 10.6. The van der Waals surface area contributed by atoms with E-state index in [4.69, 9.17) is 4.84 Å². The molecule has 0 saturated carbocycles. The third kappa shape index (κ3) is 6.16. The van der Waals surface area contributed by atoms with Gasteiger partial charge >= 0.3 is 5.97 Å². The van der Waals surface area contributed by atoms with E-state index in [0.29, 0.717) is 5.06 Å². The van der Waals surface area contributed by atoms with Crippen LogP contribution in [0.4, 0.5) is 0 Å². The van der Waals surface area contributed by atoms with Crippen LogP contribution in [0.25, 0.3) is 0 Å². The summed E-state index contributed by atoms with van der Waals surface area (Å²) >= 11 is 0. The van der Waals surface area contributed by atoms with Crippen LogP contribution in [0.15, 0.2) is 0 Å². The summed E-state index contributed by atoms with van der Waals surface area (Å²) in [7, 11) is 0. The van der Waals surface area contributed by atoms with Crippen molar-refractivity contribution in [1.82, 2.24) is 5.06 Å². The Morgan fingerprint density at radius 1 is 0.955 bits per heavy atom. The standard InChI is InChI=1S/C17H29NO4/c1-3-5-7-9-11-14(10-8-6-4-2)17(21)22-18-15(19)12-13-16(18)20/h14H,3-13H2,1-2H3. The van der Waals surface area contributed by atoms with Gasteiger partial charge in [0.2, 0.25) is 0 Å². The molecule has 126 valence electrons. The first-order valence-corrected chi connectivity index (χ1v) is 8.67. The van der Waals surface area contributed by atoms with E-state index in [-0.39, 0.29) is 18.8 Å². The number of imide groups is 1. The summed E-state index contributed by atoms with van der Waals surface area (Å²) in [6, 6.07) is 0. The largest absolute Gasteiger partial charge is 0.336 e. The smallest absolute Gasteiger partial charge is 0.330 e. The maximum absolute atomic E-state index is 12.3. The lowest BCUT2D eigenvalue weighted by molar-refractivity contribution is -0.201. The number of carbonyl (C=O) groups is 3. The van der Waals surface area contributed by atoms with Gasteiger partial charge in [0, 0.05) is 12.8 Å². The minimum absolute atomic E-state index is 0.142. The lowest BCUT2D eigenvalue weighted by atomic mass is 9.95. The fraction of sp³-hybridized carbons (Fsp3) is 0.824. The molecule has 1 heterocycles. The average molecular weight is 311 g/mol. The predicted octanol–water partition coefficient (Wildman–Crippen LogP) is 3.76. The number of hydroxylamine groups is 2. The van der Waals surface area contributed by atoms with Crippen LogP contribution in [-0.2, 0) is 19.2 Å². The summed E-state index contributed by atoms with van der Waals surface area (Å²) in [5.41, 5.74) is 0. The van der Waals surface area contributed by atoms with E-state index in [1.165, 1.54) is 6.42 Å². The SMILES string of the molecule is CCCCCCC(CCCCC)C(=O)ON1C(=O)CCC1=O. The maximum Gasteiger partial charge on any atom is 0.336 e. The van der Waals surface area contributed by atoms with Gasteiger partial charge in [-0.05, 0) is 12.8 Å². The van der Waals surface area contributed by atoms with Crippen LogP contribution in [0.3, 0.4) is 0 Å². The molecule has 5 heteroatoms. The second-order valence-corrected chi connectivity index (χ2v) is 6.03. The van der Waals surface area contributed by atoms with Gasteiger partial charge in [-0.25, -0.2) is 4.79 Å². The second kappa shape index (κ2) is 10.4. The van der Waals surface area contributed by atoms with Crippen molar-refractivity contribution in [3.8, 4) is 0 Å². The van der Waals surface area contributed by atoms with Gasteiger partial charge in [-0.1, -0.05) is 58.8 Å². The number of unbranched alkanes of at least 4 members (excludes halogenated alkanes) is 5. The number of hydrogen-bond donors (Lipinski definition) is 0. The number of hydrogen-bond acceptors (Lipinski definition) is 4. The Labute approximate surface area is 133 Å². The Kier molecular flexibility index (Phi) is 8.78. The Morgan fingerprint density at radius 3 is 2.00 bits per heavy atom. The Hall–Kier alpha value is -1.39. The normalized spacial score (nSPS) is 16.2. The molecule has 0 N–H and O–H groups in total. The van der Waals surface area contributed by atoms with Gasteiger partial charge in [0.1, 0.15) is 0 Å². The van der Waals surface area contributed by atoms with Crippen LogP contribution in [0.5, 0.6) is 0 Å². The zero-order valence-corrected chi connectivity index (χ0v) is 13.9. The van der Waals surface area contributed by atoms with E-state index in [2.05, 4.69) is 13.8 Å². The summed E-state index contributed by atoms with van der Waals surface area (Å²) in [6.45, 7) is 4.27. The Balaban J connectivity index is 2.49. The molecule has 1 unspecified atom stereocenters. The lowest BCUT2D eigenvalue weighted by Crippen LogP contribution is -2.34. The molecule has 5 nitrogen and oxygen atoms in total. The zero-order valence-electron chi connectivity index (χ0n) is 13.9. The number of amides is 2. The fourth-order valence-corrected chi connectivity index (χ4v) is 2.66. The highest BCUT2D eigenvalue weighted by atomic mass is 16.7. The molecule has 1 saturated heterocycles. The van der Waals surface area contributed by atoms with Crippen LogP contribution < -0.4 is 0 Å². The number of carbonyl (C=O) groups excluding carboxylic acids is 3. The minimum atomic E-state index is -0.420.